The standard InChI is InChI=1S/C10H18N2O3/c1-7(2-5-10(14)15)11-6-9(13)12-8-3-4-8/h7-8,11H,2-6H2,1H3,(H,12,13)(H,14,15). The summed E-state index contributed by atoms with van der Waals surface area (Å²) in [4.78, 5) is 21.5. The van der Waals surface area contributed by atoms with Crippen molar-refractivity contribution in [2.45, 2.75) is 44.7 Å². The quantitative estimate of drug-likeness (QED) is 0.562. The largest absolute Gasteiger partial charge is 0.481 e. The van der Waals surface area contributed by atoms with Crippen LogP contribution in [-0.4, -0.2) is 35.6 Å². The molecular formula is C10H18N2O3. The number of aliphatic carboxylic acids is 1. The van der Waals surface area contributed by atoms with Crippen molar-refractivity contribution in [3.05, 3.63) is 0 Å². The van der Waals surface area contributed by atoms with E-state index in [1.165, 1.54) is 0 Å². The molecule has 1 saturated carbocycles. The first kappa shape index (κ1) is 12.0. The lowest BCUT2D eigenvalue weighted by atomic mass is 10.2. The second-order valence-electron chi connectivity index (χ2n) is 4.06. The lowest BCUT2D eigenvalue weighted by Crippen LogP contribution is -2.39. The molecule has 0 aliphatic heterocycles. The molecule has 1 unspecified atom stereocenters. The number of amides is 1. The molecule has 0 spiro atoms. The van der Waals surface area contributed by atoms with E-state index in [1.54, 1.807) is 0 Å². The number of carboxylic acids is 1. The van der Waals surface area contributed by atoms with Gasteiger partial charge in [0.05, 0.1) is 6.54 Å². The Labute approximate surface area is 89.2 Å². The van der Waals surface area contributed by atoms with Crippen LogP contribution in [0.1, 0.15) is 32.6 Å². The summed E-state index contributed by atoms with van der Waals surface area (Å²) in [6.45, 7) is 2.16. The van der Waals surface area contributed by atoms with Crippen LogP contribution in [0.25, 0.3) is 0 Å². The van der Waals surface area contributed by atoms with Gasteiger partial charge >= 0.3 is 5.97 Å². The maximum atomic E-state index is 11.2. The van der Waals surface area contributed by atoms with Crippen molar-refractivity contribution in [1.82, 2.24) is 10.6 Å². The topological polar surface area (TPSA) is 78.4 Å². The van der Waals surface area contributed by atoms with Gasteiger partial charge in [0.15, 0.2) is 0 Å². The molecule has 1 rings (SSSR count). The molecular weight excluding hydrogens is 196 g/mol. The predicted molar refractivity (Wildman–Crippen MR) is 55.5 cm³/mol. The van der Waals surface area contributed by atoms with Crippen molar-refractivity contribution in [2.75, 3.05) is 6.54 Å². The van der Waals surface area contributed by atoms with E-state index in [0.717, 1.165) is 12.8 Å². The fraction of sp³-hybridized carbons (Fsp3) is 0.800. The van der Waals surface area contributed by atoms with Crippen molar-refractivity contribution < 1.29 is 14.7 Å². The first-order chi connectivity index (χ1) is 7.08. The fourth-order valence-electron chi connectivity index (χ4n) is 1.22. The third-order valence-corrected chi connectivity index (χ3v) is 2.34. The van der Waals surface area contributed by atoms with Crippen LogP contribution < -0.4 is 10.6 Å². The monoisotopic (exact) mass is 214 g/mol. The minimum atomic E-state index is -0.800. The third-order valence-electron chi connectivity index (χ3n) is 2.34. The molecule has 0 radical (unpaired) electrons. The summed E-state index contributed by atoms with van der Waals surface area (Å²) in [7, 11) is 0. The summed E-state index contributed by atoms with van der Waals surface area (Å²) in [6.07, 6.45) is 2.85. The van der Waals surface area contributed by atoms with Gasteiger partial charge < -0.3 is 15.7 Å². The summed E-state index contributed by atoms with van der Waals surface area (Å²) in [5.41, 5.74) is 0. The Hall–Kier alpha value is -1.10. The van der Waals surface area contributed by atoms with Crippen LogP contribution in [-0.2, 0) is 9.59 Å². The maximum absolute atomic E-state index is 11.2. The highest BCUT2D eigenvalue weighted by Gasteiger charge is 2.22. The summed E-state index contributed by atoms with van der Waals surface area (Å²) in [5.74, 6) is -0.800. The van der Waals surface area contributed by atoms with Gasteiger partial charge in [-0.25, -0.2) is 0 Å². The highest BCUT2D eigenvalue weighted by atomic mass is 16.4. The van der Waals surface area contributed by atoms with E-state index in [9.17, 15) is 9.59 Å². The van der Waals surface area contributed by atoms with Gasteiger partial charge in [-0.3, -0.25) is 9.59 Å². The second-order valence-corrected chi connectivity index (χ2v) is 4.06. The second kappa shape index (κ2) is 5.70. The van der Waals surface area contributed by atoms with Crippen LogP contribution in [0.15, 0.2) is 0 Å². The molecule has 0 saturated heterocycles. The molecule has 1 aliphatic carbocycles. The van der Waals surface area contributed by atoms with Gasteiger partial charge in [0.25, 0.3) is 0 Å². The molecule has 3 N–H and O–H groups in total. The van der Waals surface area contributed by atoms with Gasteiger partial charge in [0, 0.05) is 18.5 Å². The molecule has 0 bridgehead atoms. The zero-order valence-electron chi connectivity index (χ0n) is 8.95. The highest BCUT2D eigenvalue weighted by molar-refractivity contribution is 5.78. The van der Waals surface area contributed by atoms with Gasteiger partial charge in [-0.1, -0.05) is 0 Å². The number of rotatable bonds is 7. The normalized spacial score (nSPS) is 17.1. The van der Waals surface area contributed by atoms with Crippen molar-refractivity contribution in [2.24, 2.45) is 0 Å². The molecule has 0 heterocycles. The van der Waals surface area contributed by atoms with Crippen molar-refractivity contribution in [1.29, 1.82) is 0 Å². The summed E-state index contributed by atoms with van der Waals surface area (Å²) < 4.78 is 0. The molecule has 1 fully saturated rings. The molecule has 5 heteroatoms. The van der Waals surface area contributed by atoms with Gasteiger partial charge in [-0.15, -0.1) is 0 Å². The number of carboxylic acid groups (broad SMARTS) is 1. The first-order valence-electron chi connectivity index (χ1n) is 5.32. The Morgan fingerprint density at radius 3 is 2.67 bits per heavy atom. The van der Waals surface area contributed by atoms with Gasteiger partial charge in [0.2, 0.25) is 5.91 Å². The molecule has 0 aromatic heterocycles. The van der Waals surface area contributed by atoms with Crippen LogP contribution in [0.3, 0.4) is 0 Å². The molecule has 1 aliphatic rings. The number of hydrogen-bond acceptors (Lipinski definition) is 3. The molecule has 0 aromatic rings. The van der Waals surface area contributed by atoms with Crippen LogP contribution in [0.5, 0.6) is 0 Å². The van der Waals surface area contributed by atoms with E-state index in [2.05, 4.69) is 10.6 Å². The Morgan fingerprint density at radius 2 is 2.13 bits per heavy atom. The Bertz CT molecular complexity index is 239. The zero-order chi connectivity index (χ0) is 11.3. The van der Waals surface area contributed by atoms with Crippen LogP contribution >= 0.6 is 0 Å². The van der Waals surface area contributed by atoms with E-state index in [0.29, 0.717) is 12.5 Å². The zero-order valence-corrected chi connectivity index (χ0v) is 8.95. The lowest BCUT2D eigenvalue weighted by molar-refractivity contribution is -0.137. The fourth-order valence-corrected chi connectivity index (χ4v) is 1.22. The smallest absolute Gasteiger partial charge is 0.303 e. The SMILES string of the molecule is CC(CCC(=O)O)NCC(=O)NC1CC1. The Morgan fingerprint density at radius 1 is 1.47 bits per heavy atom. The molecule has 15 heavy (non-hydrogen) atoms. The minimum Gasteiger partial charge on any atom is -0.481 e. The van der Waals surface area contributed by atoms with E-state index < -0.39 is 5.97 Å². The van der Waals surface area contributed by atoms with E-state index in [4.69, 9.17) is 5.11 Å². The van der Waals surface area contributed by atoms with Crippen molar-refractivity contribution >= 4 is 11.9 Å². The molecule has 1 atom stereocenters. The Kier molecular flexibility index (Phi) is 4.55. The molecule has 1 amide bonds. The molecule has 86 valence electrons. The summed E-state index contributed by atoms with van der Waals surface area (Å²) in [6, 6.07) is 0.444. The number of carbonyl (C=O) groups excluding carboxylic acids is 1. The van der Waals surface area contributed by atoms with Gasteiger partial charge in [-0.05, 0) is 26.2 Å². The van der Waals surface area contributed by atoms with Gasteiger partial charge in [-0.2, -0.15) is 0 Å². The summed E-state index contributed by atoms with van der Waals surface area (Å²) >= 11 is 0. The minimum absolute atomic E-state index is 0.000301. The van der Waals surface area contributed by atoms with E-state index in [-0.39, 0.29) is 24.9 Å². The third kappa shape index (κ3) is 6.06. The lowest BCUT2D eigenvalue weighted by Gasteiger charge is -2.12. The van der Waals surface area contributed by atoms with Crippen LogP contribution in [0.4, 0.5) is 0 Å². The number of carbonyl (C=O) groups is 2. The maximum Gasteiger partial charge on any atom is 0.303 e. The highest BCUT2D eigenvalue weighted by Crippen LogP contribution is 2.18. The van der Waals surface area contributed by atoms with Crippen molar-refractivity contribution in [3.8, 4) is 0 Å². The average molecular weight is 214 g/mol. The van der Waals surface area contributed by atoms with Crippen LogP contribution in [0.2, 0.25) is 0 Å². The average Bonchev–Trinajstić information content (AvgIpc) is 2.95. The summed E-state index contributed by atoms with van der Waals surface area (Å²) in [5, 5.41) is 14.3. The Balaban J connectivity index is 2.01. The van der Waals surface area contributed by atoms with E-state index >= 15 is 0 Å². The number of nitrogens with one attached hydrogen (secondary N) is 2. The molecule has 5 nitrogen and oxygen atoms in total. The first-order valence-corrected chi connectivity index (χ1v) is 5.32. The molecule has 0 aromatic carbocycles. The van der Waals surface area contributed by atoms with E-state index in [1.807, 2.05) is 6.92 Å². The van der Waals surface area contributed by atoms with Crippen LogP contribution in [0, 0.1) is 0 Å². The predicted octanol–water partition coefficient (Wildman–Crippen LogP) is 0.108. The van der Waals surface area contributed by atoms with Crippen molar-refractivity contribution in [3.63, 3.8) is 0 Å². The van der Waals surface area contributed by atoms with Gasteiger partial charge in [0.1, 0.15) is 0 Å². The number of hydrogen-bond donors (Lipinski definition) is 3.